The van der Waals surface area contributed by atoms with Gasteiger partial charge in [-0.25, -0.2) is 13.2 Å². The first-order valence-electron chi connectivity index (χ1n) is 4.38. The Balaban J connectivity index is 3.28. The molecule has 1 rings (SSSR count). The van der Waals surface area contributed by atoms with Crippen molar-refractivity contribution in [2.45, 2.75) is 4.90 Å². The van der Waals surface area contributed by atoms with Crippen molar-refractivity contribution in [1.82, 2.24) is 0 Å². The van der Waals surface area contributed by atoms with Gasteiger partial charge in [0.25, 0.3) is 9.05 Å². The molecule has 0 saturated heterocycles. The van der Waals surface area contributed by atoms with E-state index in [2.05, 4.69) is 0 Å². The Kier molecular flexibility index (Phi) is 4.14. The molecule has 17 heavy (non-hydrogen) atoms. The molecule has 0 saturated carbocycles. The zero-order valence-corrected chi connectivity index (χ0v) is 10.3. The van der Waals surface area contributed by atoms with E-state index in [4.69, 9.17) is 20.5 Å². The molecule has 0 atom stereocenters. The highest BCUT2D eigenvalue weighted by atomic mass is 35.7. The molecule has 7 heteroatoms. The van der Waals surface area contributed by atoms with Gasteiger partial charge in [0.2, 0.25) is 0 Å². The van der Waals surface area contributed by atoms with Gasteiger partial charge in [-0.3, -0.25) is 0 Å². The first-order chi connectivity index (χ1) is 7.84. The maximum absolute atomic E-state index is 11.2. The number of carbonyl (C=O) groups is 1. The average Bonchev–Trinajstić information content (AvgIpc) is 2.24. The molecule has 0 radical (unpaired) electrons. The van der Waals surface area contributed by atoms with Crippen molar-refractivity contribution >= 4 is 31.8 Å². The maximum Gasteiger partial charge on any atom is 0.328 e. The summed E-state index contributed by atoms with van der Waals surface area (Å²) in [4.78, 5) is 10.1. The lowest BCUT2D eigenvalue weighted by Crippen LogP contribution is -1.96. The summed E-state index contributed by atoms with van der Waals surface area (Å²) in [6.07, 6.45) is 2.15. The smallest absolute Gasteiger partial charge is 0.328 e. The number of aliphatic carboxylic acids is 1. The van der Waals surface area contributed by atoms with Crippen LogP contribution in [0.5, 0.6) is 5.75 Å². The molecule has 0 fully saturated rings. The van der Waals surface area contributed by atoms with Gasteiger partial charge in [-0.05, 0) is 23.8 Å². The molecule has 0 bridgehead atoms. The Bertz CT molecular complexity index is 562. The molecule has 0 amide bonds. The van der Waals surface area contributed by atoms with Crippen LogP contribution >= 0.6 is 10.7 Å². The molecule has 0 unspecified atom stereocenters. The molecule has 0 spiro atoms. The van der Waals surface area contributed by atoms with E-state index in [-0.39, 0.29) is 10.6 Å². The Morgan fingerprint density at radius 1 is 1.47 bits per heavy atom. The second-order valence-corrected chi connectivity index (χ2v) is 5.55. The highest BCUT2D eigenvalue weighted by Crippen LogP contribution is 2.28. The van der Waals surface area contributed by atoms with Gasteiger partial charge in [0.05, 0.1) is 7.11 Å². The van der Waals surface area contributed by atoms with Gasteiger partial charge in [-0.1, -0.05) is 6.07 Å². The summed E-state index contributed by atoms with van der Waals surface area (Å²) >= 11 is 0. The third-order valence-corrected chi connectivity index (χ3v) is 3.21. The van der Waals surface area contributed by atoms with Gasteiger partial charge in [-0.15, -0.1) is 0 Å². The molecule has 0 heterocycles. The van der Waals surface area contributed by atoms with Crippen LogP contribution in [0.3, 0.4) is 0 Å². The van der Waals surface area contributed by atoms with Gasteiger partial charge in [-0.2, -0.15) is 0 Å². The normalized spacial score (nSPS) is 11.6. The Hall–Kier alpha value is -1.53. The summed E-state index contributed by atoms with van der Waals surface area (Å²) in [5.41, 5.74) is 0.396. The number of rotatable bonds is 4. The van der Waals surface area contributed by atoms with Gasteiger partial charge in [0, 0.05) is 16.8 Å². The molecule has 1 N–H and O–H groups in total. The summed E-state index contributed by atoms with van der Waals surface area (Å²) in [5.74, 6) is -1.02. The van der Waals surface area contributed by atoms with Gasteiger partial charge >= 0.3 is 5.97 Å². The molecule has 5 nitrogen and oxygen atoms in total. The van der Waals surface area contributed by atoms with E-state index in [9.17, 15) is 13.2 Å². The van der Waals surface area contributed by atoms with Crippen LogP contribution in [0.15, 0.2) is 29.2 Å². The van der Waals surface area contributed by atoms with E-state index < -0.39 is 15.0 Å². The van der Waals surface area contributed by atoms with E-state index in [0.717, 1.165) is 6.08 Å². The van der Waals surface area contributed by atoms with Crippen molar-refractivity contribution in [3.63, 3.8) is 0 Å². The quantitative estimate of drug-likeness (QED) is 0.669. The van der Waals surface area contributed by atoms with Gasteiger partial charge in [0.15, 0.2) is 0 Å². The minimum atomic E-state index is -3.94. The highest BCUT2D eigenvalue weighted by Gasteiger charge is 2.16. The molecule has 0 aliphatic carbocycles. The summed E-state index contributed by atoms with van der Waals surface area (Å²) in [6, 6.07) is 4.15. The first-order valence-corrected chi connectivity index (χ1v) is 6.69. The zero-order chi connectivity index (χ0) is 13.1. The van der Waals surface area contributed by atoms with Crippen molar-refractivity contribution in [3.8, 4) is 5.75 Å². The maximum atomic E-state index is 11.2. The topological polar surface area (TPSA) is 80.7 Å². The number of benzene rings is 1. The van der Waals surface area contributed by atoms with Crippen molar-refractivity contribution in [1.29, 1.82) is 0 Å². The first kappa shape index (κ1) is 13.5. The molecule has 0 aliphatic heterocycles. The Morgan fingerprint density at radius 3 is 2.59 bits per heavy atom. The fourth-order valence-corrected chi connectivity index (χ4v) is 2.19. The van der Waals surface area contributed by atoms with E-state index in [1.165, 1.54) is 31.4 Å². The SMILES string of the molecule is COc1ccc(C=CC(=O)O)cc1S(=O)(=O)Cl. The van der Waals surface area contributed by atoms with E-state index in [1.807, 2.05) is 0 Å². The van der Waals surface area contributed by atoms with Gasteiger partial charge in [0.1, 0.15) is 10.6 Å². The third-order valence-electron chi connectivity index (χ3n) is 1.87. The van der Waals surface area contributed by atoms with E-state index in [1.54, 1.807) is 0 Å². The molecule has 92 valence electrons. The lowest BCUT2D eigenvalue weighted by molar-refractivity contribution is -0.131. The van der Waals surface area contributed by atoms with Crippen molar-refractivity contribution in [3.05, 3.63) is 29.8 Å². The van der Waals surface area contributed by atoms with Crippen LogP contribution < -0.4 is 4.74 Å². The predicted molar refractivity (Wildman–Crippen MR) is 62.7 cm³/mol. The lowest BCUT2D eigenvalue weighted by Gasteiger charge is -2.06. The summed E-state index contributed by atoms with van der Waals surface area (Å²) in [6.45, 7) is 0. The van der Waals surface area contributed by atoms with Crippen molar-refractivity contribution in [2.24, 2.45) is 0 Å². The monoisotopic (exact) mass is 276 g/mol. The van der Waals surface area contributed by atoms with Crippen LogP contribution in [0.2, 0.25) is 0 Å². The van der Waals surface area contributed by atoms with Gasteiger partial charge < -0.3 is 9.84 Å². The van der Waals surface area contributed by atoms with Crippen LogP contribution in [0.1, 0.15) is 5.56 Å². The van der Waals surface area contributed by atoms with Crippen LogP contribution in [0.4, 0.5) is 0 Å². The largest absolute Gasteiger partial charge is 0.495 e. The minimum absolute atomic E-state index is 0.104. The van der Waals surface area contributed by atoms with Crippen molar-refractivity contribution in [2.75, 3.05) is 7.11 Å². The van der Waals surface area contributed by atoms with Crippen LogP contribution in [-0.4, -0.2) is 26.6 Å². The summed E-state index contributed by atoms with van der Waals surface area (Å²) < 4.78 is 27.3. The average molecular weight is 277 g/mol. The molecule has 1 aromatic rings. The molecular weight excluding hydrogens is 268 g/mol. The van der Waals surface area contributed by atoms with E-state index >= 15 is 0 Å². The number of halogens is 1. The standard InChI is InChI=1S/C10H9ClO5S/c1-16-8-4-2-7(3-5-10(12)13)6-9(8)17(11,14)15/h2-6H,1H3,(H,12,13). The molecule has 0 aromatic heterocycles. The third kappa shape index (κ3) is 3.76. The van der Waals surface area contributed by atoms with Crippen molar-refractivity contribution < 1.29 is 23.1 Å². The zero-order valence-electron chi connectivity index (χ0n) is 8.75. The fourth-order valence-electron chi connectivity index (χ4n) is 1.16. The number of carboxylic acids is 1. The number of hydrogen-bond donors (Lipinski definition) is 1. The van der Waals surface area contributed by atoms with Crippen LogP contribution in [0, 0.1) is 0 Å². The second kappa shape index (κ2) is 5.20. The number of hydrogen-bond acceptors (Lipinski definition) is 4. The molecular formula is C10H9ClO5S. The summed E-state index contributed by atoms with van der Waals surface area (Å²) in [7, 11) is 2.60. The highest BCUT2D eigenvalue weighted by molar-refractivity contribution is 8.13. The van der Waals surface area contributed by atoms with E-state index in [0.29, 0.717) is 5.56 Å². The number of carboxylic acid groups (broad SMARTS) is 1. The van der Waals surface area contributed by atoms with Crippen LogP contribution in [-0.2, 0) is 13.8 Å². The number of ether oxygens (including phenoxy) is 1. The Morgan fingerprint density at radius 2 is 2.12 bits per heavy atom. The second-order valence-electron chi connectivity index (χ2n) is 3.02. The fraction of sp³-hybridized carbons (Fsp3) is 0.100. The molecule has 0 aliphatic rings. The minimum Gasteiger partial charge on any atom is -0.495 e. The molecule has 1 aromatic carbocycles. The predicted octanol–water partition coefficient (Wildman–Crippen LogP) is 1.72. The van der Waals surface area contributed by atoms with Crippen LogP contribution in [0.25, 0.3) is 6.08 Å². The number of methoxy groups -OCH3 is 1. The Labute approximate surface area is 103 Å². The summed E-state index contributed by atoms with van der Waals surface area (Å²) in [5, 5.41) is 8.45. The lowest BCUT2D eigenvalue weighted by atomic mass is 10.2.